The largest absolute Gasteiger partial charge is 0.459 e. The molecule has 2 aromatic rings. The van der Waals surface area contributed by atoms with Crippen LogP contribution in [0.15, 0.2) is 41.0 Å². The zero-order valence-electron chi connectivity index (χ0n) is 17.8. The van der Waals surface area contributed by atoms with Gasteiger partial charge in [-0.25, -0.2) is 4.79 Å². The van der Waals surface area contributed by atoms with Crippen LogP contribution in [0.25, 0.3) is 0 Å². The zero-order valence-corrected chi connectivity index (χ0v) is 17.8. The molecule has 0 unspecified atom stereocenters. The first-order chi connectivity index (χ1) is 15.0. The molecule has 1 aliphatic carbocycles. The van der Waals surface area contributed by atoms with Crippen molar-refractivity contribution in [2.24, 2.45) is 5.92 Å². The minimum Gasteiger partial charge on any atom is -0.459 e. The van der Waals surface area contributed by atoms with Gasteiger partial charge < -0.3 is 19.4 Å². The number of carbonyl (C=O) groups excluding carboxylic acids is 3. The van der Waals surface area contributed by atoms with Crippen LogP contribution in [0.1, 0.15) is 65.0 Å². The number of likely N-dealkylation sites (tertiary alicyclic amines) is 1. The van der Waals surface area contributed by atoms with Gasteiger partial charge in [-0.15, -0.1) is 0 Å². The molecule has 1 N–H and O–H groups in total. The third-order valence-corrected chi connectivity index (χ3v) is 6.36. The van der Waals surface area contributed by atoms with Gasteiger partial charge in [0.05, 0.1) is 11.8 Å². The van der Waals surface area contributed by atoms with Gasteiger partial charge in [-0.05, 0) is 68.4 Å². The van der Waals surface area contributed by atoms with Crippen LogP contribution in [0.4, 0.5) is 5.69 Å². The van der Waals surface area contributed by atoms with Crippen LogP contribution < -0.4 is 5.32 Å². The fraction of sp³-hybridized carbons (Fsp3) is 0.458. The Bertz CT molecular complexity index is 951. The minimum absolute atomic E-state index is 0.122. The summed E-state index contributed by atoms with van der Waals surface area (Å²) >= 11 is 0. The number of rotatable bonds is 5. The predicted molar refractivity (Wildman–Crippen MR) is 115 cm³/mol. The SMILES string of the molecule is Cc1ccc(C(=O)OCC(=O)N2CCC[C@@H]3CCCC[C@H]32)cc1NC(=O)c1ccco1. The summed E-state index contributed by atoms with van der Waals surface area (Å²) in [6.45, 7) is 2.31. The monoisotopic (exact) mass is 424 g/mol. The van der Waals surface area contributed by atoms with Gasteiger partial charge in [-0.2, -0.15) is 0 Å². The second-order valence-electron chi connectivity index (χ2n) is 8.38. The molecule has 1 saturated heterocycles. The van der Waals surface area contributed by atoms with E-state index < -0.39 is 11.9 Å². The fourth-order valence-corrected chi connectivity index (χ4v) is 4.70. The lowest BCUT2D eigenvalue weighted by atomic mass is 9.78. The summed E-state index contributed by atoms with van der Waals surface area (Å²) in [6, 6.07) is 8.39. The van der Waals surface area contributed by atoms with Crippen LogP contribution in [-0.4, -0.2) is 41.9 Å². The smallest absolute Gasteiger partial charge is 0.338 e. The summed E-state index contributed by atoms with van der Waals surface area (Å²) < 4.78 is 10.4. The van der Waals surface area contributed by atoms with E-state index in [0.717, 1.165) is 31.4 Å². The Morgan fingerprint density at radius 3 is 2.74 bits per heavy atom. The molecule has 2 atom stereocenters. The van der Waals surface area contributed by atoms with Crippen molar-refractivity contribution in [2.45, 2.75) is 51.5 Å². The Balaban J connectivity index is 1.37. The molecular weight excluding hydrogens is 396 g/mol. The van der Waals surface area contributed by atoms with Gasteiger partial charge in [0.15, 0.2) is 12.4 Å². The maximum Gasteiger partial charge on any atom is 0.338 e. The number of esters is 1. The topological polar surface area (TPSA) is 88.9 Å². The number of fused-ring (bicyclic) bond motifs is 1. The molecule has 2 heterocycles. The van der Waals surface area contributed by atoms with E-state index in [1.807, 2.05) is 11.8 Å². The van der Waals surface area contributed by atoms with Crippen LogP contribution in [-0.2, 0) is 9.53 Å². The maximum atomic E-state index is 12.8. The first kappa shape index (κ1) is 21.2. The van der Waals surface area contributed by atoms with Gasteiger partial charge in [0, 0.05) is 18.3 Å². The van der Waals surface area contributed by atoms with Gasteiger partial charge >= 0.3 is 5.97 Å². The van der Waals surface area contributed by atoms with E-state index in [9.17, 15) is 14.4 Å². The molecule has 1 saturated carbocycles. The molecule has 1 aliphatic heterocycles. The number of furan rings is 1. The normalized spacial score (nSPS) is 20.6. The summed E-state index contributed by atoms with van der Waals surface area (Å²) in [7, 11) is 0. The van der Waals surface area contributed by atoms with Gasteiger partial charge in [-0.3, -0.25) is 9.59 Å². The van der Waals surface area contributed by atoms with Crippen LogP contribution in [0.2, 0.25) is 0 Å². The second kappa shape index (κ2) is 9.37. The quantitative estimate of drug-likeness (QED) is 0.728. The summed E-state index contributed by atoms with van der Waals surface area (Å²) in [4.78, 5) is 39.5. The molecular formula is C24H28N2O5. The van der Waals surface area contributed by atoms with E-state index >= 15 is 0 Å². The van der Waals surface area contributed by atoms with Crippen molar-refractivity contribution >= 4 is 23.5 Å². The first-order valence-electron chi connectivity index (χ1n) is 10.9. The summed E-state index contributed by atoms with van der Waals surface area (Å²) in [5, 5.41) is 2.74. The Morgan fingerprint density at radius 1 is 1.13 bits per heavy atom. The summed E-state index contributed by atoms with van der Waals surface area (Å²) in [5.41, 5.74) is 1.56. The molecule has 0 radical (unpaired) electrons. The highest BCUT2D eigenvalue weighted by Gasteiger charge is 2.35. The molecule has 2 amide bonds. The Labute approximate surface area is 181 Å². The second-order valence-corrected chi connectivity index (χ2v) is 8.38. The number of aryl methyl sites for hydroxylation is 1. The lowest BCUT2D eigenvalue weighted by Gasteiger charge is -2.44. The number of anilines is 1. The number of amides is 2. The van der Waals surface area contributed by atoms with E-state index in [0.29, 0.717) is 11.6 Å². The van der Waals surface area contributed by atoms with Crippen molar-refractivity contribution in [3.63, 3.8) is 0 Å². The highest BCUT2D eigenvalue weighted by Crippen LogP contribution is 2.35. The van der Waals surface area contributed by atoms with Crippen LogP contribution in [0, 0.1) is 12.8 Å². The number of piperidine rings is 1. The van der Waals surface area contributed by atoms with Crippen molar-refractivity contribution in [2.75, 3.05) is 18.5 Å². The first-order valence-corrected chi connectivity index (χ1v) is 10.9. The molecule has 164 valence electrons. The number of benzene rings is 1. The molecule has 2 aliphatic rings. The molecule has 7 nitrogen and oxygen atoms in total. The highest BCUT2D eigenvalue weighted by atomic mass is 16.5. The van der Waals surface area contributed by atoms with E-state index in [2.05, 4.69) is 5.32 Å². The van der Waals surface area contributed by atoms with Crippen molar-refractivity contribution in [3.05, 3.63) is 53.5 Å². The van der Waals surface area contributed by atoms with Gasteiger partial charge in [0.2, 0.25) is 0 Å². The van der Waals surface area contributed by atoms with Crippen LogP contribution >= 0.6 is 0 Å². The van der Waals surface area contributed by atoms with Crippen molar-refractivity contribution in [1.29, 1.82) is 0 Å². The number of ether oxygens (including phenoxy) is 1. The van der Waals surface area contributed by atoms with E-state index in [1.165, 1.54) is 25.5 Å². The summed E-state index contributed by atoms with van der Waals surface area (Å²) in [6.07, 6.45) is 8.24. The molecule has 0 spiro atoms. The van der Waals surface area contributed by atoms with E-state index in [-0.39, 0.29) is 29.9 Å². The number of nitrogens with zero attached hydrogens (tertiary/aromatic N) is 1. The van der Waals surface area contributed by atoms with E-state index in [1.54, 1.807) is 30.3 Å². The molecule has 0 bridgehead atoms. The number of carbonyl (C=O) groups is 3. The molecule has 4 rings (SSSR count). The Morgan fingerprint density at radius 2 is 1.94 bits per heavy atom. The zero-order chi connectivity index (χ0) is 21.8. The number of hydrogen-bond donors (Lipinski definition) is 1. The van der Waals surface area contributed by atoms with Gasteiger partial charge in [-0.1, -0.05) is 18.9 Å². The lowest BCUT2D eigenvalue weighted by Crippen LogP contribution is -2.50. The fourth-order valence-electron chi connectivity index (χ4n) is 4.70. The predicted octanol–water partition coefficient (Wildman–Crippen LogP) is 4.18. The van der Waals surface area contributed by atoms with Crippen molar-refractivity contribution < 1.29 is 23.5 Å². The van der Waals surface area contributed by atoms with Crippen molar-refractivity contribution in [3.8, 4) is 0 Å². The molecule has 1 aromatic carbocycles. The highest BCUT2D eigenvalue weighted by molar-refractivity contribution is 6.03. The average molecular weight is 424 g/mol. The van der Waals surface area contributed by atoms with Gasteiger partial charge in [0.25, 0.3) is 11.8 Å². The molecule has 1 aromatic heterocycles. The third kappa shape index (κ3) is 4.81. The van der Waals surface area contributed by atoms with Crippen molar-refractivity contribution in [1.82, 2.24) is 4.90 Å². The Kier molecular flexibility index (Phi) is 6.39. The molecule has 7 heteroatoms. The maximum absolute atomic E-state index is 12.8. The van der Waals surface area contributed by atoms with E-state index in [4.69, 9.17) is 9.15 Å². The molecule has 31 heavy (non-hydrogen) atoms. The average Bonchev–Trinajstić information content (AvgIpc) is 3.33. The van der Waals surface area contributed by atoms with Crippen LogP contribution in [0.5, 0.6) is 0 Å². The summed E-state index contributed by atoms with van der Waals surface area (Å²) in [5.74, 6) is -0.344. The van der Waals surface area contributed by atoms with Gasteiger partial charge in [0.1, 0.15) is 0 Å². The number of nitrogens with one attached hydrogen (secondary N) is 1. The number of hydrogen-bond acceptors (Lipinski definition) is 5. The minimum atomic E-state index is -0.584. The van der Waals surface area contributed by atoms with Crippen LogP contribution in [0.3, 0.4) is 0 Å². The third-order valence-electron chi connectivity index (χ3n) is 6.36. The lowest BCUT2D eigenvalue weighted by molar-refractivity contribution is -0.140. The molecule has 2 fully saturated rings. The standard InChI is InChI=1S/C24H28N2O5/c1-16-10-11-18(14-19(16)25-23(28)21-9-5-13-30-21)24(29)31-15-22(27)26-12-4-7-17-6-2-3-8-20(17)26/h5,9-11,13-14,17,20H,2-4,6-8,12,15H2,1H3,(H,25,28)/t17-,20+/m0/s1. The Hall–Kier alpha value is -3.09.